The Kier molecular flexibility index (Phi) is 79.6. The molecule has 17 nitrogen and oxygen atoms in total. The number of aliphatic hydroxyl groups excluding tert-OH is 1. The van der Waals surface area contributed by atoms with Crippen LogP contribution in [0.2, 0.25) is 0 Å². The molecule has 0 aliphatic carbocycles. The van der Waals surface area contributed by atoms with Gasteiger partial charge in [-0.15, -0.1) is 0 Å². The lowest BCUT2D eigenvalue weighted by Gasteiger charge is -2.21. The second-order valence-corrected chi connectivity index (χ2v) is 29.8. The van der Waals surface area contributed by atoms with Crippen molar-refractivity contribution < 1.29 is 80.2 Å². The number of aliphatic hydroxyl groups is 1. The van der Waals surface area contributed by atoms with E-state index in [1.807, 2.05) is 72.9 Å². The minimum Gasteiger partial charge on any atom is -0.462 e. The first kappa shape index (κ1) is 108. The number of hydrogen-bond acceptors (Lipinski definition) is 15. The Labute approximate surface area is 700 Å². The van der Waals surface area contributed by atoms with E-state index in [0.717, 1.165) is 116 Å². The summed E-state index contributed by atoms with van der Waals surface area (Å²) in [6.45, 7) is 4.19. The number of carbonyl (C=O) groups excluding carboxylic acids is 4. The van der Waals surface area contributed by atoms with E-state index in [4.69, 9.17) is 37.0 Å². The maximum Gasteiger partial charge on any atom is 0.472 e. The molecule has 116 heavy (non-hydrogen) atoms. The highest BCUT2D eigenvalue weighted by Crippen LogP contribution is 2.45. The van der Waals surface area contributed by atoms with Crippen molar-refractivity contribution in [1.82, 2.24) is 0 Å². The molecule has 0 bridgehead atoms. The Morgan fingerprint density at radius 1 is 0.250 bits per heavy atom. The molecule has 646 valence electrons. The van der Waals surface area contributed by atoms with Crippen LogP contribution in [0, 0.1) is 0 Å². The molecule has 0 spiro atoms. The van der Waals surface area contributed by atoms with Gasteiger partial charge in [-0.25, -0.2) is 9.13 Å². The van der Waals surface area contributed by atoms with Gasteiger partial charge in [0.1, 0.15) is 19.3 Å². The zero-order valence-electron chi connectivity index (χ0n) is 70.8. The van der Waals surface area contributed by atoms with Crippen LogP contribution < -0.4 is 0 Å². The normalized spacial score (nSPS) is 15.1. The molecule has 0 rings (SSSR count). The monoisotopic (exact) mass is 1650 g/mol. The van der Waals surface area contributed by atoms with E-state index in [-0.39, 0.29) is 25.7 Å². The molecule has 5 atom stereocenters. The van der Waals surface area contributed by atoms with Crippen LogP contribution in [-0.2, 0) is 65.4 Å². The Morgan fingerprint density at radius 2 is 0.440 bits per heavy atom. The predicted molar refractivity (Wildman–Crippen MR) is 481 cm³/mol. The van der Waals surface area contributed by atoms with E-state index < -0.39 is 97.5 Å². The van der Waals surface area contributed by atoms with Crippen LogP contribution in [0.4, 0.5) is 0 Å². The third-order valence-electron chi connectivity index (χ3n) is 16.2. The maximum absolute atomic E-state index is 13.1. The lowest BCUT2D eigenvalue weighted by Crippen LogP contribution is -2.30. The molecule has 0 aliphatic rings. The summed E-state index contributed by atoms with van der Waals surface area (Å²) >= 11 is 0. The summed E-state index contributed by atoms with van der Waals surface area (Å²) in [6.07, 6.45) is 116. The van der Waals surface area contributed by atoms with Crippen LogP contribution in [-0.4, -0.2) is 96.7 Å². The van der Waals surface area contributed by atoms with E-state index in [1.165, 1.54) is 38.5 Å². The average molecular weight is 1650 g/mol. The van der Waals surface area contributed by atoms with Gasteiger partial charge < -0.3 is 33.8 Å². The summed E-state index contributed by atoms with van der Waals surface area (Å²) in [4.78, 5) is 73.2. The third kappa shape index (κ3) is 84.3. The van der Waals surface area contributed by atoms with Crippen molar-refractivity contribution in [2.24, 2.45) is 0 Å². The highest BCUT2D eigenvalue weighted by molar-refractivity contribution is 7.47. The molecule has 3 N–H and O–H groups in total. The molecule has 0 aromatic rings. The second kappa shape index (κ2) is 85.2. The molecule has 0 aromatic carbocycles. The van der Waals surface area contributed by atoms with Crippen molar-refractivity contribution in [3.05, 3.63) is 267 Å². The molecule has 0 heterocycles. The van der Waals surface area contributed by atoms with E-state index in [1.54, 1.807) is 0 Å². The van der Waals surface area contributed by atoms with Crippen LogP contribution in [0.25, 0.3) is 0 Å². The van der Waals surface area contributed by atoms with Gasteiger partial charge in [-0.2, -0.15) is 0 Å². The topological polar surface area (TPSA) is 237 Å². The molecular weight excluding hydrogens is 1500 g/mol. The predicted octanol–water partition coefficient (Wildman–Crippen LogP) is 25.9. The van der Waals surface area contributed by atoms with Crippen molar-refractivity contribution in [3.63, 3.8) is 0 Å². The van der Waals surface area contributed by atoms with Crippen molar-refractivity contribution in [1.29, 1.82) is 0 Å². The largest absolute Gasteiger partial charge is 0.472 e. The van der Waals surface area contributed by atoms with Crippen LogP contribution >= 0.6 is 15.6 Å². The summed E-state index contributed by atoms with van der Waals surface area (Å²) in [5, 5.41) is 10.7. The van der Waals surface area contributed by atoms with E-state index in [2.05, 4.69) is 222 Å². The van der Waals surface area contributed by atoms with E-state index in [0.29, 0.717) is 51.4 Å². The van der Waals surface area contributed by atoms with Gasteiger partial charge in [-0.3, -0.25) is 37.3 Å². The van der Waals surface area contributed by atoms with Crippen molar-refractivity contribution >= 4 is 39.5 Å². The van der Waals surface area contributed by atoms with Crippen molar-refractivity contribution in [3.8, 4) is 0 Å². The van der Waals surface area contributed by atoms with E-state index >= 15 is 0 Å². The fraction of sp³-hybridized carbons (Fsp3) is 0.505. The minimum atomic E-state index is -5.05. The fourth-order valence-electron chi connectivity index (χ4n) is 9.82. The molecule has 0 aliphatic heterocycles. The molecule has 0 radical (unpaired) electrons. The minimum absolute atomic E-state index is 0.00456. The van der Waals surface area contributed by atoms with Gasteiger partial charge >= 0.3 is 39.5 Å². The van der Waals surface area contributed by atoms with Gasteiger partial charge in [0.15, 0.2) is 12.2 Å². The summed E-state index contributed by atoms with van der Waals surface area (Å²) < 4.78 is 68.4. The summed E-state index contributed by atoms with van der Waals surface area (Å²) in [6, 6.07) is 0. The summed E-state index contributed by atoms with van der Waals surface area (Å²) in [7, 11) is -10.1. The molecule has 0 saturated carbocycles. The van der Waals surface area contributed by atoms with E-state index in [9.17, 15) is 43.2 Å². The standard InChI is InChI=1S/C97H146O17P2/c1-5-9-13-17-21-25-29-33-37-41-45-49-53-57-61-65-69-73-77-81-94(99)107-87-92(113-96(101)83-79-75-71-67-63-59-55-51-47-43-39-35-31-27-23-19-15-11-7-3)89-111-115(103,104)109-85-91(98)86-110-116(105,106)112-90-93(114-97(102)84-80-76-72-68-64-60-56-52-48-44-40-36-32-28-24-20-16-12-8-4)88-108-95(100)82-78-74-70-66-62-58-54-50-46-42-38-34-30-26-22-18-14-10-6-2/h9,12-13,16,21-28,33-40,45-52,57-64,69-76,91-93,98H,5-8,10-11,14-15,17-20,29-32,41-44,53-56,65-68,77-90H2,1-4H3,(H,103,104)(H,105,106)/b13-9-,16-12-,25-21-,26-22-,27-23-,28-24-,37-33-,38-34-,39-35-,40-36-,49-45-,50-46-,51-47-,52-48-,61-57-,62-58-,63-59-,64-60-,73-69-,74-70-,75-71-,76-72-/t91-,92-,93-/m1/s1. The first-order valence-corrected chi connectivity index (χ1v) is 45.6. The molecule has 0 fully saturated rings. The molecule has 0 saturated heterocycles. The number of rotatable bonds is 76. The highest BCUT2D eigenvalue weighted by Gasteiger charge is 2.30. The van der Waals surface area contributed by atoms with Crippen LogP contribution in [0.5, 0.6) is 0 Å². The van der Waals surface area contributed by atoms with Crippen LogP contribution in [0.15, 0.2) is 267 Å². The van der Waals surface area contributed by atoms with Gasteiger partial charge in [-0.05, 0) is 180 Å². The van der Waals surface area contributed by atoms with Crippen LogP contribution in [0.3, 0.4) is 0 Å². The Bertz CT molecular complexity index is 3260. The Balaban J connectivity index is 5.70. The number of unbranched alkanes of at least 4 members (excludes halogenated alkanes) is 6. The van der Waals surface area contributed by atoms with Crippen molar-refractivity contribution in [2.75, 3.05) is 39.6 Å². The Hall–Kier alpha value is -7.66. The first-order chi connectivity index (χ1) is 56.7. The first-order valence-electron chi connectivity index (χ1n) is 42.6. The quantitative estimate of drug-likeness (QED) is 0.0169. The van der Waals surface area contributed by atoms with Gasteiger partial charge in [-0.1, -0.05) is 321 Å². The average Bonchev–Trinajstić information content (AvgIpc) is 0.898. The number of phosphoric ester groups is 2. The molecule has 0 amide bonds. The number of hydrogen-bond donors (Lipinski definition) is 3. The number of esters is 4. The second-order valence-electron chi connectivity index (χ2n) is 26.9. The summed E-state index contributed by atoms with van der Waals surface area (Å²) in [5.41, 5.74) is 0. The van der Waals surface area contributed by atoms with Crippen molar-refractivity contribution in [2.45, 2.75) is 277 Å². The smallest absolute Gasteiger partial charge is 0.462 e. The lowest BCUT2D eigenvalue weighted by molar-refractivity contribution is -0.161. The van der Waals surface area contributed by atoms with Gasteiger partial charge in [0.2, 0.25) is 0 Å². The molecule has 2 unspecified atom stereocenters. The highest BCUT2D eigenvalue weighted by atomic mass is 31.2. The number of ether oxygens (including phenoxy) is 4. The van der Waals surface area contributed by atoms with Gasteiger partial charge in [0, 0.05) is 25.7 Å². The Morgan fingerprint density at radius 3 is 0.655 bits per heavy atom. The zero-order chi connectivity index (χ0) is 84.5. The third-order valence-corrected chi connectivity index (χ3v) is 18.1. The molecule has 19 heteroatoms. The SMILES string of the molecule is CC/C=C\C/C=C\C/C=C\C/C=C\C/C=C\C/C=C\CCC(=O)OC[C@H](COP(=O)(O)OC[C@@H](O)COP(=O)(O)OC[C@@H](COC(=O)CC/C=C\C/C=C\C/C=C\C/C=C\C/C=C\CCCCC)OC(=O)CC/C=C\C/C=C\C/C=C\C/C=C\C/C=C\C/C=C\CC)OC(=O)CC/C=C\C/C=C\C/C=C\C/C=C\C/C=C\CCCCC. The lowest BCUT2D eigenvalue weighted by atomic mass is 10.2. The van der Waals surface area contributed by atoms with Gasteiger partial charge in [0.25, 0.3) is 0 Å². The maximum atomic E-state index is 13.1. The fourth-order valence-corrected chi connectivity index (χ4v) is 11.4. The van der Waals surface area contributed by atoms with Crippen LogP contribution in [0.1, 0.15) is 259 Å². The van der Waals surface area contributed by atoms with Gasteiger partial charge in [0.05, 0.1) is 26.4 Å². The zero-order valence-corrected chi connectivity index (χ0v) is 72.6. The molecule has 0 aromatic heterocycles. The number of allylic oxidation sites excluding steroid dienone is 44. The number of phosphoric acid groups is 2. The molecular formula is C97H146O17P2. The summed E-state index contributed by atoms with van der Waals surface area (Å²) in [5.74, 6) is -2.61. The number of carbonyl (C=O) groups is 4.